The molecule has 1 N–H and O–H groups in total. The molecule has 0 amide bonds. The third kappa shape index (κ3) is 4.71. The summed E-state index contributed by atoms with van der Waals surface area (Å²) in [6, 6.07) is 4.02. The van der Waals surface area contributed by atoms with Crippen LogP contribution in [0.15, 0.2) is 18.2 Å². The molecule has 0 aliphatic rings. The van der Waals surface area contributed by atoms with Gasteiger partial charge in [0.15, 0.2) is 11.6 Å². The molecular formula is C13H19F2N. The van der Waals surface area contributed by atoms with E-state index in [0.717, 1.165) is 18.5 Å². The summed E-state index contributed by atoms with van der Waals surface area (Å²) in [4.78, 5) is 0. The first kappa shape index (κ1) is 13.1. The van der Waals surface area contributed by atoms with Gasteiger partial charge in [-0.05, 0) is 30.7 Å². The molecule has 3 heteroatoms. The Hall–Kier alpha value is -0.960. The molecule has 0 saturated carbocycles. The lowest BCUT2D eigenvalue weighted by atomic mass is 10.2. The molecule has 0 spiro atoms. The minimum atomic E-state index is -0.785. The summed E-state index contributed by atoms with van der Waals surface area (Å²) in [7, 11) is 0. The second-order valence-electron chi connectivity index (χ2n) is 3.99. The van der Waals surface area contributed by atoms with Gasteiger partial charge in [-0.1, -0.05) is 32.3 Å². The molecule has 1 aromatic rings. The van der Waals surface area contributed by atoms with Gasteiger partial charge in [-0.15, -0.1) is 0 Å². The Bertz CT molecular complexity index is 313. The van der Waals surface area contributed by atoms with Crippen molar-refractivity contribution < 1.29 is 8.78 Å². The van der Waals surface area contributed by atoms with E-state index in [-0.39, 0.29) is 0 Å². The van der Waals surface area contributed by atoms with Gasteiger partial charge >= 0.3 is 0 Å². The van der Waals surface area contributed by atoms with Gasteiger partial charge in [0.1, 0.15) is 0 Å². The van der Waals surface area contributed by atoms with Gasteiger partial charge in [-0.25, -0.2) is 8.78 Å². The standard InChI is InChI=1S/C13H19F2N/c1-2-3-4-5-8-16-10-11-6-7-12(14)13(15)9-11/h6-7,9,16H,2-5,8,10H2,1H3. The van der Waals surface area contributed by atoms with E-state index < -0.39 is 11.6 Å². The number of hydrogen-bond acceptors (Lipinski definition) is 1. The van der Waals surface area contributed by atoms with Crippen molar-refractivity contribution in [1.82, 2.24) is 5.32 Å². The summed E-state index contributed by atoms with van der Waals surface area (Å²) < 4.78 is 25.5. The van der Waals surface area contributed by atoms with Gasteiger partial charge in [0, 0.05) is 6.54 Å². The quantitative estimate of drug-likeness (QED) is 0.701. The molecule has 1 rings (SSSR count). The van der Waals surface area contributed by atoms with Crippen LogP contribution in [0.3, 0.4) is 0 Å². The average Bonchev–Trinajstić information content (AvgIpc) is 2.28. The maximum Gasteiger partial charge on any atom is 0.159 e. The van der Waals surface area contributed by atoms with Crippen molar-refractivity contribution >= 4 is 0 Å². The van der Waals surface area contributed by atoms with Crippen LogP contribution in [0.2, 0.25) is 0 Å². The molecule has 1 nitrogen and oxygen atoms in total. The third-order valence-electron chi connectivity index (χ3n) is 2.52. The lowest BCUT2D eigenvalue weighted by Gasteiger charge is -2.05. The fraction of sp³-hybridized carbons (Fsp3) is 0.538. The highest BCUT2D eigenvalue weighted by Gasteiger charge is 2.01. The number of halogens is 2. The van der Waals surface area contributed by atoms with Gasteiger partial charge in [0.2, 0.25) is 0 Å². The fourth-order valence-electron chi connectivity index (χ4n) is 1.56. The van der Waals surface area contributed by atoms with Gasteiger partial charge in [-0.2, -0.15) is 0 Å². The molecule has 16 heavy (non-hydrogen) atoms. The van der Waals surface area contributed by atoms with Crippen LogP contribution in [-0.2, 0) is 6.54 Å². The van der Waals surface area contributed by atoms with E-state index in [2.05, 4.69) is 12.2 Å². The highest BCUT2D eigenvalue weighted by atomic mass is 19.2. The van der Waals surface area contributed by atoms with Crippen molar-refractivity contribution in [2.24, 2.45) is 0 Å². The van der Waals surface area contributed by atoms with Crippen LogP contribution in [0.25, 0.3) is 0 Å². The Morgan fingerprint density at radius 2 is 1.88 bits per heavy atom. The highest BCUT2D eigenvalue weighted by Crippen LogP contribution is 2.08. The molecule has 0 unspecified atom stereocenters. The van der Waals surface area contributed by atoms with Crippen LogP contribution in [0.1, 0.15) is 38.2 Å². The monoisotopic (exact) mass is 227 g/mol. The molecule has 0 fully saturated rings. The highest BCUT2D eigenvalue weighted by molar-refractivity contribution is 5.17. The molecule has 0 aromatic heterocycles. The zero-order chi connectivity index (χ0) is 11.8. The van der Waals surface area contributed by atoms with Gasteiger partial charge in [0.05, 0.1) is 0 Å². The van der Waals surface area contributed by atoms with Crippen molar-refractivity contribution in [3.63, 3.8) is 0 Å². The van der Waals surface area contributed by atoms with Crippen LogP contribution >= 0.6 is 0 Å². The topological polar surface area (TPSA) is 12.0 Å². The summed E-state index contributed by atoms with van der Waals surface area (Å²) >= 11 is 0. The number of nitrogens with one attached hydrogen (secondary N) is 1. The van der Waals surface area contributed by atoms with Crippen LogP contribution in [0.5, 0.6) is 0 Å². The van der Waals surface area contributed by atoms with Gasteiger partial charge < -0.3 is 5.32 Å². The smallest absolute Gasteiger partial charge is 0.159 e. The summed E-state index contributed by atoms with van der Waals surface area (Å²) in [6.45, 7) is 3.71. The predicted octanol–water partition coefficient (Wildman–Crippen LogP) is 3.63. The van der Waals surface area contributed by atoms with Crippen molar-refractivity contribution in [2.75, 3.05) is 6.54 Å². The maximum absolute atomic E-state index is 12.9. The van der Waals surface area contributed by atoms with E-state index in [4.69, 9.17) is 0 Å². The lowest BCUT2D eigenvalue weighted by molar-refractivity contribution is 0.505. The number of hydrogen-bond donors (Lipinski definition) is 1. The Morgan fingerprint density at radius 3 is 2.56 bits per heavy atom. The van der Waals surface area contributed by atoms with Crippen molar-refractivity contribution in [2.45, 2.75) is 39.2 Å². The third-order valence-corrected chi connectivity index (χ3v) is 2.52. The minimum absolute atomic E-state index is 0.601. The molecule has 90 valence electrons. The number of unbranched alkanes of at least 4 members (excludes halogenated alkanes) is 3. The second kappa shape index (κ2) is 7.34. The Balaban J connectivity index is 2.19. The van der Waals surface area contributed by atoms with Crippen LogP contribution in [-0.4, -0.2) is 6.54 Å². The largest absolute Gasteiger partial charge is 0.313 e. The molecule has 0 saturated heterocycles. The average molecular weight is 227 g/mol. The van der Waals surface area contributed by atoms with Crippen molar-refractivity contribution in [3.8, 4) is 0 Å². The van der Waals surface area contributed by atoms with E-state index in [1.165, 1.54) is 31.4 Å². The maximum atomic E-state index is 12.9. The van der Waals surface area contributed by atoms with E-state index in [1.807, 2.05) is 0 Å². The second-order valence-corrected chi connectivity index (χ2v) is 3.99. The molecule has 0 radical (unpaired) electrons. The number of benzene rings is 1. The van der Waals surface area contributed by atoms with E-state index in [1.54, 1.807) is 6.07 Å². The normalized spacial score (nSPS) is 10.7. The van der Waals surface area contributed by atoms with E-state index >= 15 is 0 Å². The molecular weight excluding hydrogens is 208 g/mol. The molecule has 0 aliphatic heterocycles. The van der Waals surface area contributed by atoms with Crippen LogP contribution < -0.4 is 5.32 Å². The number of rotatable bonds is 7. The summed E-state index contributed by atoms with van der Waals surface area (Å²) in [6.07, 6.45) is 4.84. The van der Waals surface area contributed by atoms with Crippen LogP contribution in [0, 0.1) is 11.6 Å². The Kier molecular flexibility index (Phi) is 6.01. The zero-order valence-electron chi connectivity index (χ0n) is 9.73. The summed E-state index contributed by atoms with van der Waals surface area (Å²) in [5.41, 5.74) is 0.786. The summed E-state index contributed by atoms with van der Waals surface area (Å²) in [5, 5.41) is 3.22. The lowest BCUT2D eigenvalue weighted by Crippen LogP contribution is -2.14. The molecule has 0 atom stereocenters. The predicted molar refractivity (Wildman–Crippen MR) is 62.2 cm³/mol. The first-order valence-electron chi connectivity index (χ1n) is 5.88. The van der Waals surface area contributed by atoms with Crippen LogP contribution in [0.4, 0.5) is 8.78 Å². The van der Waals surface area contributed by atoms with Gasteiger partial charge in [-0.3, -0.25) is 0 Å². The van der Waals surface area contributed by atoms with E-state index in [9.17, 15) is 8.78 Å². The van der Waals surface area contributed by atoms with Crippen molar-refractivity contribution in [3.05, 3.63) is 35.4 Å². The first-order valence-corrected chi connectivity index (χ1v) is 5.88. The SMILES string of the molecule is CCCCCCNCc1ccc(F)c(F)c1. The van der Waals surface area contributed by atoms with E-state index in [0.29, 0.717) is 6.54 Å². The molecule has 1 aromatic carbocycles. The Labute approximate surface area is 95.9 Å². The zero-order valence-corrected chi connectivity index (χ0v) is 9.73. The van der Waals surface area contributed by atoms with Crippen molar-refractivity contribution in [1.29, 1.82) is 0 Å². The molecule has 0 heterocycles. The molecule has 0 aliphatic carbocycles. The minimum Gasteiger partial charge on any atom is -0.313 e. The fourth-order valence-corrected chi connectivity index (χ4v) is 1.56. The Morgan fingerprint density at radius 1 is 1.06 bits per heavy atom. The van der Waals surface area contributed by atoms with Gasteiger partial charge in [0.25, 0.3) is 0 Å². The summed E-state index contributed by atoms with van der Waals surface area (Å²) in [5.74, 6) is -1.56. The molecule has 0 bridgehead atoms. The first-order chi connectivity index (χ1) is 7.74.